The number of rotatable bonds is 0. The van der Waals surface area contributed by atoms with Gasteiger partial charge in [-0.05, 0) is 109 Å². The van der Waals surface area contributed by atoms with Gasteiger partial charge in [-0.2, -0.15) is 0 Å². The van der Waals surface area contributed by atoms with Gasteiger partial charge in [-0.3, -0.25) is 0 Å². The van der Waals surface area contributed by atoms with Crippen molar-refractivity contribution in [2.45, 2.75) is 112 Å². The van der Waals surface area contributed by atoms with E-state index in [2.05, 4.69) is 54.5 Å². The first-order valence-electron chi connectivity index (χ1n) is 13.4. The van der Waals surface area contributed by atoms with Crippen molar-refractivity contribution >= 4 is 0 Å². The van der Waals surface area contributed by atoms with Crippen LogP contribution in [0.3, 0.4) is 0 Å². The second kappa shape index (κ2) is 6.61. The first kappa shape index (κ1) is 21.5. The normalized spacial score (nSPS) is 57.3. The molecule has 0 radical (unpaired) electrons. The monoisotopic (exact) mass is 412 g/mol. The molecule has 170 valence electrons. The highest BCUT2D eigenvalue weighted by Gasteiger charge is 2.66. The van der Waals surface area contributed by atoms with E-state index in [1.807, 2.05) is 5.57 Å². The fourth-order valence-electron chi connectivity index (χ4n) is 10.5. The molecule has 0 aromatic rings. The highest BCUT2D eigenvalue weighted by molar-refractivity contribution is 5.32. The Labute approximate surface area is 186 Å². The lowest BCUT2D eigenvalue weighted by Gasteiger charge is -2.70. The zero-order valence-corrected chi connectivity index (χ0v) is 20.9. The second-order valence-corrected chi connectivity index (χ2v) is 13.9. The van der Waals surface area contributed by atoms with E-state index in [1.54, 1.807) is 0 Å². The summed E-state index contributed by atoms with van der Waals surface area (Å²) in [5, 5.41) is 10.9. The maximum atomic E-state index is 10.9. The van der Waals surface area contributed by atoms with Gasteiger partial charge in [-0.25, -0.2) is 0 Å². The molecule has 5 aliphatic rings. The van der Waals surface area contributed by atoms with Gasteiger partial charge in [-0.1, -0.05) is 66.5 Å². The lowest BCUT2D eigenvalue weighted by Crippen LogP contribution is -2.64. The van der Waals surface area contributed by atoms with Gasteiger partial charge in [0.1, 0.15) is 0 Å². The summed E-state index contributed by atoms with van der Waals surface area (Å²) in [7, 11) is 0. The van der Waals surface area contributed by atoms with Crippen LogP contribution >= 0.6 is 0 Å². The number of aliphatic hydroxyl groups excluding tert-OH is 1. The molecule has 5 aliphatic carbocycles. The summed E-state index contributed by atoms with van der Waals surface area (Å²) < 4.78 is 0. The molecule has 30 heavy (non-hydrogen) atoms. The van der Waals surface area contributed by atoms with E-state index in [-0.39, 0.29) is 11.5 Å². The van der Waals surface area contributed by atoms with E-state index >= 15 is 0 Å². The maximum absolute atomic E-state index is 10.9. The van der Waals surface area contributed by atoms with E-state index in [0.29, 0.717) is 22.2 Å². The Bertz CT molecular complexity index is 733. The van der Waals surface area contributed by atoms with E-state index in [9.17, 15) is 5.11 Å². The van der Waals surface area contributed by atoms with Crippen LogP contribution in [0, 0.1) is 57.2 Å². The molecule has 0 spiro atoms. The molecule has 4 saturated carbocycles. The SMILES string of the molecule is C[C@@H]1[C@@H]2C3=CC[C@@H]4[C@@]5(C)CC[C@H](O)C(C)(C)C5CC[C@@]4(C)[C@]3(C)CC[C@H]2CC[C@H]1C. The van der Waals surface area contributed by atoms with Gasteiger partial charge in [0.15, 0.2) is 0 Å². The third-order valence-corrected chi connectivity index (χ3v) is 12.8. The molecule has 0 saturated heterocycles. The van der Waals surface area contributed by atoms with Gasteiger partial charge in [-0.15, -0.1) is 0 Å². The third kappa shape index (κ3) is 2.51. The van der Waals surface area contributed by atoms with Gasteiger partial charge in [0.05, 0.1) is 6.10 Å². The van der Waals surface area contributed by atoms with Crippen LogP contribution in [0.15, 0.2) is 11.6 Å². The van der Waals surface area contributed by atoms with Crippen LogP contribution in [-0.2, 0) is 0 Å². The Hall–Kier alpha value is -0.300. The van der Waals surface area contributed by atoms with Crippen molar-refractivity contribution in [2.24, 2.45) is 57.2 Å². The zero-order chi connectivity index (χ0) is 21.7. The molecular formula is C29H48O. The molecule has 0 aromatic heterocycles. The molecule has 1 heteroatoms. The van der Waals surface area contributed by atoms with Gasteiger partial charge >= 0.3 is 0 Å². The first-order valence-corrected chi connectivity index (χ1v) is 13.4. The van der Waals surface area contributed by atoms with Crippen LogP contribution < -0.4 is 0 Å². The number of fused-ring (bicyclic) bond motifs is 7. The smallest absolute Gasteiger partial charge is 0.0594 e. The van der Waals surface area contributed by atoms with Crippen LogP contribution in [-0.4, -0.2) is 11.2 Å². The minimum absolute atomic E-state index is 0.0597. The molecule has 0 amide bonds. The number of aliphatic hydroxyl groups is 1. The Morgan fingerprint density at radius 2 is 1.57 bits per heavy atom. The Balaban J connectivity index is 1.57. The molecule has 10 atom stereocenters. The quantitative estimate of drug-likeness (QED) is 0.405. The van der Waals surface area contributed by atoms with E-state index in [4.69, 9.17) is 0 Å². The van der Waals surface area contributed by atoms with Crippen molar-refractivity contribution in [1.82, 2.24) is 0 Å². The molecule has 0 bridgehead atoms. The molecular weight excluding hydrogens is 364 g/mol. The first-order chi connectivity index (χ1) is 14.0. The largest absolute Gasteiger partial charge is 0.393 e. The predicted octanol–water partition coefficient (Wildman–Crippen LogP) is 7.63. The predicted molar refractivity (Wildman–Crippen MR) is 126 cm³/mol. The van der Waals surface area contributed by atoms with Gasteiger partial charge in [0.2, 0.25) is 0 Å². The Morgan fingerprint density at radius 1 is 0.833 bits per heavy atom. The van der Waals surface area contributed by atoms with Crippen molar-refractivity contribution in [1.29, 1.82) is 0 Å². The molecule has 0 heterocycles. The third-order valence-electron chi connectivity index (χ3n) is 12.8. The summed E-state index contributed by atoms with van der Waals surface area (Å²) in [4.78, 5) is 0. The van der Waals surface area contributed by atoms with Crippen molar-refractivity contribution in [3.63, 3.8) is 0 Å². The summed E-state index contributed by atoms with van der Waals surface area (Å²) in [6.07, 6.45) is 14.7. The Morgan fingerprint density at radius 3 is 2.30 bits per heavy atom. The summed E-state index contributed by atoms with van der Waals surface area (Å²) in [6.45, 7) is 17.9. The van der Waals surface area contributed by atoms with Gasteiger partial charge in [0.25, 0.3) is 0 Å². The van der Waals surface area contributed by atoms with E-state index < -0.39 is 0 Å². The maximum Gasteiger partial charge on any atom is 0.0594 e. The zero-order valence-electron chi connectivity index (χ0n) is 20.9. The van der Waals surface area contributed by atoms with E-state index in [1.165, 1.54) is 51.4 Å². The van der Waals surface area contributed by atoms with Crippen molar-refractivity contribution in [3.05, 3.63) is 11.6 Å². The van der Waals surface area contributed by atoms with Gasteiger partial charge in [0, 0.05) is 0 Å². The molecule has 5 rings (SSSR count). The molecule has 4 fully saturated rings. The standard InChI is InChI=1S/C29H48O/c1-18-8-9-20-12-16-28(6)21(25(20)19(18)2)10-11-23-27(5)15-14-24(30)26(3,4)22(27)13-17-29(23,28)7/h10,18-20,22-25,30H,8-9,11-17H2,1-7H3/t18-,19+,20-,22?,23-,24+,25+,27+,28-,29-/m1/s1. The minimum Gasteiger partial charge on any atom is -0.393 e. The topological polar surface area (TPSA) is 20.2 Å². The van der Waals surface area contributed by atoms with Crippen molar-refractivity contribution < 1.29 is 5.11 Å². The van der Waals surface area contributed by atoms with Crippen LogP contribution in [0.25, 0.3) is 0 Å². The fourth-order valence-corrected chi connectivity index (χ4v) is 10.5. The second-order valence-electron chi connectivity index (χ2n) is 13.9. The molecule has 0 aliphatic heterocycles. The molecule has 1 unspecified atom stereocenters. The number of allylic oxidation sites excluding steroid dienone is 2. The van der Waals surface area contributed by atoms with Crippen LogP contribution in [0.5, 0.6) is 0 Å². The fraction of sp³-hybridized carbons (Fsp3) is 0.931. The van der Waals surface area contributed by atoms with Crippen LogP contribution in [0.4, 0.5) is 0 Å². The molecule has 1 N–H and O–H groups in total. The summed E-state index contributed by atoms with van der Waals surface area (Å²) in [6, 6.07) is 0. The lowest BCUT2D eigenvalue weighted by atomic mass is 9.34. The minimum atomic E-state index is -0.120. The van der Waals surface area contributed by atoms with Crippen LogP contribution in [0.1, 0.15) is 106 Å². The Kier molecular flexibility index (Phi) is 4.75. The van der Waals surface area contributed by atoms with E-state index in [0.717, 1.165) is 36.0 Å². The molecule has 1 nitrogen and oxygen atoms in total. The summed E-state index contributed by atoms with van der Waals surface area (Å²) >= 11 is 0. The van der Waals surface area contributed by atoms with Crippen molar-refractivity contribution in [2.75, 3.05) is 0 Å². The number of hydrogen-bond donors (Lipinski definition) is 1. The highest BCUT2D eigenvalue weighted by Crippen LogP contribution is 2.74. The summed E-state index contributed by atoms with van der Waals surface area (Å²) in [5.41, 5.74) is 3.14. The molecule has 0 aromatic carbocycles. The van der Waals surface area contributed by atoms with Crippen molar-refractivity contribution in [3.8, 4) is 0 Å². The van der Waals surface area contributed by atoms with Crippen LogP contribution in [0.2, 0.25) is 0 Å². The average Bonchev–Trinajstić information content (AvgIpc) is 2.68. The van der Waals surface area contributed by atoms with Gasteiger partial charge < -0.3 is 5.11 Å². The average molecular weight is 413 g/mol. The summed E-state index contributed by atoms with van der Waals surface area (Å²) in [5.74, 6) is 4.97. The number of hydrogen-bond acceptors (Lipinski definition) is 1. The highest BCUT2D eigenvalue weighted by atomic mass is 16.3. The lowest BCUT2D eigenvalue weighted by molar-refractivity contribution is -0.200.